The van der Waals surface area contributed by atoms with Gasteiger partial charge in [-0.2, -0.15) is 0 Å². The van der Waals surface area contributed by atoms with E-state index in [-0.39, 0.29) is 6.10 Å². The molecule has 2 rings (SSSR count). The van der Waals surface area contributed by atoms with E-state index in [4.69, 9.17) is 10.5 Å². The molecule has 16 heavy (non-hydrogen) atoms. The number of amides is 1. The van der Waals surface area contributed by atoms with Crippen LogP contribution in [-0.2, 0) is 0 Å². The van der Waals surface area contributed by atoms with Crippen molar-refractivity contribution in [3.05, 3.63) is 24.0 Å². The minimum Gasteiger partial charge on any atom is -0.487 e. The summed E-state index contributed by atoms with van der Waals surface area (Å²) in [4.78, 5) is 14.9. The Labute approximate surface area is 94.0 Å². The molecule has 0 spiro atoms. The van der Waals surface area contributed by atoms with Gasteiger partial charge in [-0.1, -0.05) is 0 Å². The molecule has 2 atom stereocenters. The summed E-state index contributed by atoms with van der Waals surface area (Å²) >= 11 is 0. The summed E-state index contributed by atoms with van der Waals surface area (Å²) in [5.74, 6) is 0.0878. The fourth-order valence-corrected chi connectivity index (χ4v) is 1.63. The predicted molar refractivity (Wildman–Crippen MR) is 59.3 cm³/mol. The van der Waals surface area contributed by atoms with Gasteiger partial charge in [-0.3, -0.25) is 9.78 Å². The fraction of sp³-hybridized carbons (Fsp3) is 0.455. The zero-order valence-electron chi connectivity index (χ0n) is 9.14. The Morgan fingerprint density at radius 1 is 1.69 bits per heavy atom. The van der Waals surface area contributed by atoms with Crippen molar-refractivity contribution in [2.45, 2.75) is 25.5 Å². The summed E-state index contributed by atoms with van der Waals surface area (Å²) in [6.45, 7) is 3.03. The molecule has 0 saturated carbocycles. The lowest BCUT2D eigenvalue weighted by Gasteiger charge is -2.33. The molecule has 3 N–H and O–H groups in total. The quantitative estimate of drug-likeness (QED) is 0.767. The van der Waals surface area contributed by atoms with Crippen LogP contribution in [0.5, 0.6) is 5.75 Å². The third kappa shape index (κ3) is 2.30. The van der Waals surface area contributed by atoms with Gasteiger partial charge < -0.3 is 15.8 Å². The standard InChI is InChI=1S/C11H15N3O2/c1-7(10-2-3-14-10)16-9-4-8(11(12)15)5-13-6-9/h4-7,10,14H,2-3H2,1H3,(H2,12,15). The Kier molecular flexibility index (Phi) is 3.05. The molecule has 1 fully saturated rings. The van der Waals surface area contributed by atoms with Gasteiger partial charge in [0, 0.05) is 12.2 Å². The summed E-state index contributed by atoms with van der Waals surface area (Å²) in [5.41, 5.74) is 5.53. The molecule has 1 aromatic heterocycles. The summed E-state index contributed by atoms with van der Waals surface area (Å²) in [7, 11) is 0. The van der Waals surface area contributed by atoms with Crippen LogP contribution in [0.3, 0.4) is 0 Å². The van der Waals surface area contributed by atoms with Crippen LogP contribution in [0.15, 0.2) is 18.5 Å². The summed E-state index contributed by atoms with van der Waals surface area (Å²) < 4.78 is 5.68. The summed E-state index contributed by atoms with van der Waals surface area (Å²) in [6, 6.07) is 2.00. The number of nitrogens with one attached hydrogen (secondary N) is 1. The smallest absolute Gasteiger partial charge is 0.250 e. The monoisotopic (exact) mass is 221 g/mol. The molecule has 5 nitrogen and oxygen atoms in total. The number of ether oxygens (including phenoxy) is 1. The lowest BCUT2D eigenvalue weighted by atomic mass is 10.0. The van der Waals surface area contributed by atoms with Gasteiger partial charge in [0.25, 0.3) is 0 Å². The number of hydrogen-bond acceptors (Lipinski definition) is 4. The zero-order chi connectivity index (χ0) is 11.5. The van der Waals surface area contributed by atoms with Crippen molar-refractivity contribution in [2.24, 2.45) is 5.73 Å². The van der Waals surface area contributed by atoms with Crippen molar-refractivity contribution in [1.29, 1.82) is 0 Å². The average molecular weight is 221 g/mol. The van der Waals surface area contributed by atoms with Gasteiger partial charge in [-0.15, -0.1) is 0 Å². The van der Waals surface area contributed by atoms with Crippen LogP contribution >= 0.6 is 0 Å². The Balaban J connectivity index is 2.02. The fourth-order valence-electron chi connectivity index (χ4n) is 1.63. The van der Waals surface area contributed by atoms with Gasteiger partial charge in [-0.25, -0.2) is 0 Å². The molecule has 1 aliphatic rings. The molecule has 1 aliphatic heterocycles. The Bertz CT molecular complexity index is 391. The number of aromatic nitrogens is 1. The minimum absolute atomic E-state index is 0.0682. The van der Waals surface area contributed by atoms with Gasteiger partial charge in [0.1, 0.15) is 11.9 Å². The maximum atomic E-state index is 11.0. The second-order valence-corrected chi connectivity index (χ2v) is 3.95. The highest BCUT2D eigenvalue weighted by atomic mass is 16.5. The van der Waals surface area contributed by atoms with Crippen molar-refractivity contribution >= 4 is 5.91 Å². The number of primary amides is 1. The van der Waals surface area contributed by atoms with Crippen molar-refractivity contribution in [3.8, 4) is 5.75 Å². The number of nitrogens with two attached hydrogens (primary N) is 1. The lowest BCUT2D eigenvalue weighted by Crippen LogP contribution is -2.51. The highest BCUT2D eigenvalue weighted by Gasteiger charge is 2.24. The molecule has 0 aromatic carbocycles. The van der Waals surface area contributed by atoms with E-state index in [0.717, 1.165) is 13.0 Å². The van der Waals surface area contributed by atoms with E-state index in [9.17, 15) is 4.79 Å². The highest BCUT2D eigenvalue weighted by molar-refractivity contribution is 5.92. The van der Waals surface area contributed by atoms with E-state index in [1.165, 1.54) is 6.20 Å². The molecule has 1 amide bonds. The van der Waals surface area contributed by atoms with E-state index >= 15 is 0 Å². The number of nitrogens with zero attached hydrogens (tertiary/aromatic N) is 1. The van der Waals surface area contributed by atoms with Crippen LogP contribution in [0.25, 0.3) is 0 Å². The second kappa shape index (κ2) is 4.49. The molecule has 1 saturated heterocycles. The zero-order valence-corrected chi connectivity index (χ0v) is 9.14. The third-order valence-electron chi connectivity index (χ3n) is 2.75. The average Bonchev–Trinajstić information content (AvgIpc) is 2.15. The van der Waals surface area contributed by atoms with Crippen LogP contribution in [0, 0.1) is 0 Å². The SMILES string of the molecule is CC(Oc1cncc(C(N)=O)c1)C1CCN1. The van der Waals surface area contributed by atoms with E-state index in [1.54, 1.807) is 12.3 Å². The van der Waals surface area contributed by atoms with Gasteiger partial charge in [0.05, 0.1) is 11.8 Å². The summed E-state index contributed by atoms with van der Waals surface area (Å²) in [6.07, 6.45) is 4.20. The molecule has 86 valence electrons. The third-order valence-corrected chi connectivity index (χ3v) is 2.75. The Morgan fingerprint density at radius 2 is 2.44 bits per heavy atom. The Morgan fingerprint density at radius 3 is 3.00 bits per heavy atom. The first-order valence-electron chi connectivity index (χ1n) is 5.31. The lowest BCUT2D eigenvalue weighted by molar-refractivity contribution is 0.0997. The molecule has 2 heterocycles. The Hall–Kier alpha value is -1.62. The van der Waals surface area contributed by atoms with Gasteiger partial charge >= 0.3 is 0 Å². The van der Waals surface area contributed by atoms with Gasteiger partial charge in [0.15, 0.2) is 0 Å². The van der Waals surface area contributed by atoms with Crippen molar-refractivity contribution in [1.82, 2.24) is 10.3 Å². The molecular formula is C11H15N3O2. The van der Waals surface area contributed by atoms with Crippen LogP contribution in [0.4, 0.5) is 0 Å². The number of pyridine rings is 1. The van der Waals surface area contributed by atoms with Gasteiger partial charge in [0.2, 0.25) is 5.91 Å². The van der Waals surface area contributed by atoms with Crippen LogP contribution < -0.4 is 15.8 Å². The number of carbonyl (C=O) groups excluding carboxylic acids is 1. The first kappa shape index (κ1) is 10.9. The van der Waals surface area contributed by atoms with E-state index < -0.39 is 5.91 Å². The second-order valence-electron chi connectivity index (χ2n) is 3.95. The number of hydrogen-bond donors (Lipinski definition) is 2. The van der Waals surface area contributed by atoms with Crippen LogP contribution in [-0.4, -0.2) is 29.6 Å². The molecular weight excluding hydrogens is 206 g/mol. The maximum absolute atomic E-state index is 11.0. The van der Waals surface area contributed by atoms with Crippen LogP contribution in [0.1, 0.15) is 23.7 Å². The highest BCUT2D eigenvalue weighted by Crippen LogP contribution is 2.17. The minimum atomic E-state index is -0.493. The summed E-state index contributed by atoms with van der Waals surface area (Å²) in [5, 5.41) is 3.27. The van der Waals surface area contributed by atoms with Crippen LogP contribution in [0.2, 0.25) is 0 Å². The maximum Gasteiger partial charge on any atom is 0.250 e. The largest absolute Gasteiger partial charge is 0.487 e. The van der Waals surface area contributed by atoms with Gasteiger partial charge in [-0.05, 0) is 26.0 Å². The number of carbonyl (C=O) groups is 1. The number of rotatable bonds is 4. The normalized spacial score (nSPS) is 20.9. The van der Waals surface area contributed by atoms with E-state index in [0.29, 0.717) is 17.4 Å². The molecule has 1 aromatic rings. The molecule has 2 unspecified atom stereocenters. The van der Waals surface area contributed by atoms with Crippen molar-refractivity contribution in [2.75, 3.05) is 6.54 Å². The van der Waals surface area contributed by atoms with E-state index in [2.05, 4.69) is 10.3 Å². The molecule has 5 heteroatoms. The first-order chi connectivity index (χ1) is 7.66. The molecule has 0 aliphatic carbocycles. The first-order valence-corrected chi connectivity index (χ1v) is 5.31. The predicted octanol–water partition coefficient (Wildman–Crippen LogP) is 0.310. The van der Waals surface area contributed by atoms with Crippen molar-refractivity contribution in [3.63, 3.8) is 0 Å². The van der Waals surface area contributed by atoms with E-state index in [1.807, 2.05) is 6.92 Å². The van der Waals surface area contributed by atoms with Crippen molar-refractivity contribution < 1.29 is 9.53 Å². The molecule has 0 radical (unpaired) electrons. The topological polar surface area (TPSA) is 77.2 Å². The molecule has 0 bridgehead atoms.